The van der Waals surface area contributed by atoms with Crippen LogP contribution in [-0.4, -0.2) is 18.0 Å². The summed E-state index contributed by atoms with van der Waals surface area (Å²) in [5.74, 6) is -0.331. The Balaban J connectivity index is 2.13. The molecule has 1 atom stereocenters. The minimum Gasteiger partial charge on any atom is -0.321 e. The minimum absolute atomic E-state index is 0.331. The van der Waals surface area contributed by atoms with E-state index in [2.05, 4.69) is 5.32 Å². The van der Waals surface area contributed by atoms with Crippen LogP contribution in [0.1, 0.15) is 24.1 Å². The van der Waals surface area contributed by atoms with E-state index in [1.165, 1.54) is 11.0 Å². The molecule has 2 aromatic carbocycles. The van der Waals surface area contributed by atoms with Crippen LogP contribution in [0.25, 0.3) is 0 Å². The normalized spacial score (nSPS) is 11.9. The lowest BCUT2D eigenvalue weighted by molar-refractivity contribution is 0.207. The van der Waals surface area contributed by atoms with E-state index < -0.39 is 6.04 Å². The predicted octanol–water partition coefficient (Wildman–Crippen LogP) is 5.01. The van der Waals surface area contributed by atoms with Gasteiger partial charge in [0.2, 0.25) is 0 Å². The molecule has 0 heterocycles. The predicted molar refractivity (Wildman–Crippen MR) is 87.8 cm³/mol. The van der Waals surface area contributed by atoms with E-state index >= 15 is 0 Å². The summed E-state index contributed by atoms with van der Waals surface area (Å²) < 4.78 is 13.8. The fourth-order valence-corrected chi connectivity index (χ4v) is 2.41. The van der Waals surface area contributed by atoms with E-state index in [4.69, 9.17) is 11.6 Å². The van der Waals surface area contributed by atoms with Gasteiger partial charge in [0.25, 0.3) is 0 Å². The molecule has 0 aliphatic rings. The van der Waals surface area contributed by atoms with Gasteiger partial charge in [0.05, 0.1) is 16.8 Å². The maximum atomic E-state index is 13.8. The molecule has 2 amide bonds. The van der Waals surface area contributed by atoms with Crippen LogP contribution in [0.5, 0.6) is 0 Å². The molecule has 1 N–H and O–H groups in total. The van der Waals surface area contributed by atoms with Gasteiger partial charge in [0.1, 0.15) is 5.82 Å². The van der Waals surface area contributed by atoms with E-state index in [0.717, 1.165) is 5.56 Å². The van der Waals surface area contributed by atoms with E-state index in [-0.39, 0.29) is 11.8 Å². The van der Waals surface area contributed by atoms with Crippen LogP contribution in [0.4, 0.5) is 14.9 Å². The van der Waals surface area contributed by atoms with E-state index in [1.54, 1.807) is 44.3 Å². The Kier molecular flexibility index (Phi) is 5.03. The number of amides is 2. The molecule has 22 heavy (non-hydrogen) atoms. The highest BCUT2D eigenvalue weighted by Gasteiger charge is 2.20. The molecule has 0 radical (unpaired) electrons. The highest BCUT2D eigenvalue weighted by Crippen LogP contribution is 2.25. The maximum Gasteiger partial charge on any atom is 0.322 e. The Morgan fingerprint density at radius 2 is 1.95 bits per heavy atom. The van der Waals surface area contributed by atoms with Crippen molar-refractivity contribution in [2.24, 2.45) is 0 Å². The molecule has 0 saturated carbocycles. The number of benzene rings is 2. The number of nitrogens with one attached hydrogen (secondary N) is 1. The van der Waals surface area contributed by atoms with Crippen LogP contribution in [0.3, 0.4) is 0 Å². The van der Waals surface area contributed by atoms with Crippen molar-refractivity contribution in [3.8, 4) is 0 Å². The number of urea groups is 1. The number of hydrogen-bond acceptors (Lipinski definition) is 1. The van der Waals surface area contributed by atoms with Crippen LogP contribution in [-0.2, 0) is 0 Å². The second-order valence-corrected chi connectivity index (χ2v) is 5.63. The third kappa shape index (κ3) is 3.57. The van der Waals surface area contributed by atoms with Gasteiger partial charge in [-0.2, -0.15) is 0 Å². The number of halogens is 2. The summed E-state index contributed by atoms with van der Waals surface area (Å²) in [7, 11) is 1.62. The number of hydrogen-bond donors (Lipinski definition) is 1. The first kappa shape index (κ1) is 16.3. The number of carbonyl (C=O) groups excluding carboxylic acids is 1. The second kappa shape index (κ2) is 6.79. The zero-order valence-corrected chi connectivity index (χ0v) is 13.5. The number of aryl methyl sites for hydroxylation is 1. The Labute approximate surface area is 134 Å². The lowest BCUT2D eigenvalue weighted by Crippen LogP contribution is -2.34. The van der Waals surface area contributed by atoms with Gasteiger partial charge in [-0.05, 0) is 37.6 Å². The zero-order chi connectivity index (χ0) is 16.3. The van der Waals surface area contributed by atoms with Crippen molar-refractivity contribution in [1.29, 1.82) is 0 Å². The topological polar surface area (TPSA) is 32.3 Å². The van der Waals surface area contributed by atoms with Crippen molar-refractivity contribution in [2.75, 3.05) is 12.4 Å². The molecule has 0 spiro atoms. The van der Waals surface area contributed by atoms with Crippen LogP contribution in [0, 0.1) is 12.7 Å². The summed E-state index contributed by atoms with van der Waals surface area (Å²) in [6, 6.07) is 11.1. The van der Waals surface area contributed by atoms with Gasteiger partial charge in [-0.1, -0.05) is 35.9 Å². The molecule has 0 aliphatic heterocycles. The molecule has 0 fully saturated rings. The Hall–Kier alpha value is -2.07. The number of nitrogens with zero attached hydrogens (tertiary/aromatic N) is 1. The largest absolute Gasteiger partial charge is 0.322 e. The Bertz CT molecular complexity index is 690. The van der Waals surface area contributed by atoms with Crippen LogP contribution >= 0.6 is 11.6 Å². The molecule has 5 heteroatoms. The van der Waals surface area contributed by atoms with Crippen molar-refractivity contribution in [3.05, 3.63) is 64.4 Å². The fourth-order valence-electron chi connectivity index (χ4n) is 2.12. The maximum absolute atomic E-state index is 13.8. The Morgan fingerprint density at radius 1 is 1.27 bits per heavy atom. The summed E-state index contributed by atoms with van der Waals surface area (Å²) in [6.45, 7) is 3.69. The molecule has 2 aromatic rings. The van der Waals surface area contributed by atoms with E-state index in [1.807, 2.05) is 13.0 Å². The standard InChI is InChI=1S/C17H18ClFN2O/c1-11-8-9-16(14(18)10-11)20-17(22)21(3)12(2)13-6-4-5-7-15(13)19/h4-10,12H,1-3H3,(H,20,22). The summed E-state index contributed by atoms with van der Waals surface area (Å²) >= 11 is 6.11. The van der Waals surface area contributed by atoms with Gasteiger partial charge in [-0.3, -0.25) is 0 Å². The van der Waals surface area contributed by atoms with Crippen molar-refractivity contribution in [3.63, 3.8) is 0 Å². The smallest absolute Gasteiger partial charge is 0.321 e. The summed E-state index contributed by atoms with van der Waals surface area (Å²) in [5.41, 5.74) is 2.01. The van der Waals surface area contributed by atoms with E-state index in [9.17, 15) is 9.18 Å². The van der Waals surface area contributed by atoms with Gasteiger partial charge in [-0.25, -0.2) is 9.18 Å². The Morgan fingerprint density at radius 3 is 2.59 bits per heavy atom. The lowest BCUT2D eigenvalue weighted by atomic mass is 10.1. The minimum atomic E-state index is -0.398. The van der Waals surface area contributed by atoms with Crippen LogP contribution in [0.15, 0.2) is 42.5 Å². The lowest BCUT2D eigenvalue weighted by Gasteiger charge is -2.26. The summed E-state index contributed by atoms with van der Waals surface area (Å²) in [4.78, 5) is 13.7. The first-order valence-corrected chi connectivity index (χ1v) is 7.32. The van der Waals surface area contributed by atoms with Crippen LogP contribution in [0.2, 0.25) is 5.02 Å². The molecule has 116 valence electrons. The zero-order valence-electron chi connectivity index (χ0n) is 12.7. The summed E-state index contributed by atoms with van der Waals surface area (Å²) in [6.07, 6.45) is 0. The quantitative estimate of drug-likeness (QED) is 0.846. The van der Waals surface area contributed by atoms with Crippen molar-refractivity contribution in [2.45, 2.75) is 19.9 Å². The average Bonchev–Trinajstić information content (AvgIpc) is 2.49. The molecular formula is C17H18ClFN2O. The van der Waals surface area contributed by atoms with Crippen LogP contribution < -0.4 is 5.32 Å². The van der Waals surface area contributed by atoms with Gasteiger partial charge < -0.3 is 10.2 Å². The second-order valence-electron chi connectivity index (χ2n) is 5.22. The molecular weight excluding hydrogens is 303 g/mol. The number of anilines is 1. The monoisotopic (exact) mass is 320 g/mol. The molecule has 1 unspecified atom stereocenters. The first-order chi connectivity index (χ1) is 10.4. The molecule has 0 saturated heterocycles. The highest BCUT2D eigenvalue weighted by atomic mass is 35.5. The number of carbonyl (C=O) groups is 1. The van der Waals surface area contributed by atoms with Crippen molar-refractivity contribution < 1.29 is 9.18 Å². The van der Waals surface area contributed by atoms with Crippen molar-refractivity contribution in [1.82, 2.24) is 4.90 Å². The van der Waals surface area contributed by atoms with Gasteiger partial charge in [0, 0.05) is 12.6 Å². The van der Waals surface area contributed by atoms with Gasteiger partial charge in [0.15, 0.2) is 0 Å². The fraction of sp³-hybridized carbons (Fsp3) is 0.235. The third-order valence-corrected chi connectivity index (χ3v) is 3.94. The third-order valence-electron chi connectivity index (χ3n) is 3.62. The number of rotatable bonds is 3. The molecule has 0 aromatic heterocycles. The van der Waals surface area contributed by atoms with E-state index in [0.29, 0.717) is 16.3 Å². The highest BCUT2D eigenvalue weighted by molar-refractivity contribution is 6.33. The van der Waals surface area contributed by atoms with Crippen molar-refractivity contribution >= 4 is 23.3 Å². The molecule has 2 rings (SSSR count). The first-order valence-electron chi connectivity index (χ1n) is 6.94. The average molecular weight is 321 g/mol. The SMILES string of the molecule is Cc1ccc(NC(=O)N(C)C(C)c2ccccc2F)c(Cl)c1. The summed E-state index contributed by atoms with van der Waals surface area (Å²) in [5, 5.41) is 3.21. The molecule has 3 nitrogen and oxygen atoms in total. The molecule has 0 bridgehead atoms. The van der Waals surface area contributed by atoms with Gasteiger partial charge in [-0.15, -0.1) is 0 Å². The molecule has 0 aliphatic carbocycles. The van der Waals surface area contributed by atoms with Gasteiger partial charge >= 0.3 is 6.03 Å².